The van der Waals surface area contributed by atoms with Crippen molar-refractivity contribution in [1.82, 2.24) is 14.5 Å². The molecule has 166 valence electrons. The van der Waals surface area contributed by atoms with Crippen molar-refractivity contribution < 1.29 is 13.4 Å². The van der Waals surface area contributed by atoms with E-state index in [0.29, 0.717) is 41.1 Å². The van der Waals surface area contributed by atoms with Gasteiger partial charge in [0.15, 0.2) is 21.5 Å². The maximum Gasteiger partial charge on any atom is 0.289 e. The third kappa shape index (κ3) is 4.42. The molecule has 4 heterocycles. The first-order chi connectivity index (χ1) is 15.4. The van der Waals surface area contributed by atoms with Gasteiger partial charge in [0.05, 0.1) is 17.1 Å². The third-order valence-electron chi connectivity index (χ3n) is 6.15. The first-order valence-corrected chi connectivity index (χ1v) is 12.9. The normalized spacial score (nSPS) is 19.7. The Bertz CT molecular complexity index is 1260. The summed E-state index contributed by atoms with van der Waals surface area (Å²) < 4.78 is 27.8. The third-order valence-corrected chi connectivity index (χ3v) is 8.26. The van der Waals surface area contributed by atoms with Crippen molar-refractivity contribution in [1.29, 1.82) is 0 Å². The zero-order chi connectivity index (χ0) is 22.3. The van der Waals surface area contributed by atoms with E-state index in [9.17, 15) is 13.4 Å². The number of halogens is 1. The Kier molecular flexibility index (Phi) is 5.73. The summed E-state index contributed by atoms with van der Waals surface area (Å²) >= 11 is 6.15. The number of rotatable bonds is 5. The molecule has 1 aromatic carbocycles. The van der Waals surface area contributed by atoms with Gasteiger partial charge in [0.25, 0.3) is 6.92 Å². The Morgan fingerprint density at radius 1 is 1.28 bits per heavy atom. The summed E-state index contributed by atoms with van der Waals surface area (Å²) in [5.74, 6) is 1.30. The lowest BCUT2D eigenvalue weighted by molar-refractivity contribution is 0.483. The standard InChI is InChI=1S/C22H24BClN4O3S/c24-17-4-1-3-16(11-17)21-26-19-5-2-10-32(30,31)20(19)22(27-21)25-18-7-9-28(14-18)13-15-6-8-23(29)12-15/h1,3-4,7,9,11,14-15,29H,2,5-6,8,10,12-13H2,(H,25,26,27). The highest BCUT2D eigenvalue weighted by atomic mass is 35.5. The molecular formula is C22H24BClN4O3S. The number of benzene rings is 1. The molecule has 7 nitrogen and oxygen atoms in total. The fraction of sp³-hybridized carbons (Fsp3) is 0.364. The molecule has 0 radical (unpaired) electrons. The fourth-order valence-corrected chi connectivity index (χ4v) is 6.46. The zero-order valence-electron chi connectivity index (χ0n) is 17.5. The van der Waals surface area contributed by atoms with Crippen molar-refractivity contribution in [3.8, 4) is 11.4 Å². The van der Waals surface area contributed by atoms with E-state index in [-0.39, 0.29) is 17.6 Å². The lowest BCUT2D eigenvalue weighted by Gasteiger charge is -2.20. The second kappa shape index (κ2) is 8.54. The van der Waals surface area contributed by atoms with Crippen molar-refractivity contribution in [2.75, 3.05) is 11.1 Å². The Morgan fingerprint density at radius 2 is 2.16 bits per heavy atom. The number of sulfone groups is 1. The Balaban J connectivity index is 1.49. The van der Waals surface area contributed by atoms with Crippen molar-refractivity contribution in [3.63, 3.8) is 0 Å². The number of nitrogens with one attached hydrogen (secondary N) is 1. The van der Waals surface area contributed by atoms with Crippen LogP contribution in [0.2, 0.25) is 17.7 Å². The average Bonchev–Trinajstić information content (AvgIpc) is 3.36. The first kappa shape index (κ1) is 21.5. The number of aromatic nitrogens is 3. The summed E-state index contributed by atoms with van der Waals surface area (Å²) in [5.41, 5.74) is 2.05. The lowest BCUT2D eigenvalue weighted by atomic mass is 9.66. The van der Waals surface area contributed by atoms with Crippen LogP contribution in [0.4, 0.5) is 11.5 Å². The zero-order valence-corrected chi connectivity index (χ0v) is 19.1. The van der Waals surface area contributed by atoms with Gasteiger partial charge in [-0.1, -0.05) is 30.2 Å². The Morgan fingerprint density at radius 3 is 2.94 bits per heavy atom. The molecule has 3 aromatic rings. The van der Waals surface area contributed by atoms with Crippen LogP contribution in [-0.4, -0.2) is 40.6 Å². The summed E-state index contributed by atoms with van der Waals surface area (Å²) in [7, 11) is -3.47. The maximum atomic E-state index is 12.9. The van der Waals surface area contributed by atoms with E-state index in [0.717, 1.165) is 36.9 Å². The van der Waals surface area contributed by atoms with Crippen LogP contribution >= 0.6 is 11.6 Å². The molecule has 10 heteroatoms. The number of hydrogen-bond acceptors (Lipinski definition) is 6. The molecule has 32 heavy (non-hydrogen) atoms. The van der Waals surface area contributed by atoms with Gasteiger partial charge in [-0.15, -0.1) is 0 Å². The molecule has 2 aliphatic heterocycles. The summed E-state index contributed by atoms with van der Waals surface area (Å²) in [6.07, 6.45) is 7.74. The molecule has 2 N–H and O–H groups in total. The van der Waals surface area contributed by atoms with Gasteiger partial charge in [0.1, 0.15) is 4.90 Å². The van der Waals surface area contributed by atoms with Gasteiger partial charge >= 0.3 is 0 Å². The van der Waals surface area contributed by atoms with Gasteiger partial charge in [0, 0.05) is 29.5 Å². The van der Waals surface area contributed by atoms with E-state index in [1.165, 1.54) is 0 Å². The van der Waals surface area contributed by atoms with Crippen LogP contribution in [0.1, 0.15) is 18.5 Å². The minimum Gasteiger partial charge on any atom is -0.450 e. The van der Waals surface area contributed by atoms with Crippen LogP contribution in [0.5, 0.6) is 0 Å². The maximum absolute atomic E-state index is 12.9. The molecule has 0 amide bonds. The molecule has 0 aliphatic carbocycles. The minimum atomic E-state index is -3.47. The fourth-order valence-electron chi connectivity index (χ4n) is 4.64. The average molecular weight is 471 g/mol. The quantitative estimate of drug-likeness (QED) is 0.546. The van der Waals surface area contributed by atoms with E-state index in [1.54, 1.807) is 12.1 Å². The van der Waals surface area contributed by atoms with Crippen molar-refractivity contribution in [2.24, 2.45) is 5.92 Å². The van der Waals surface area contributed by atoms with Gasteiger partial charge in [-0.25, -0.2) is 18.4 Å². The second-order valence-electron chi connectivity index (χ2n) is 8.66. The van der Waals surface area contributed by atoms with Gasteiger partial charge in [-0.3, -0.25) is 0 Å². The van der Waals surface area contributed by atoms with Crippen molar-refractivity contribution in [2.45, 2.75) is 43.3 Å². The molecule has 1 atom stereocenters. The number of anilines is 2. The predicted octanol–water partition coefficient (Wildman–Crippen LogP) is 4.07. The second-order valence-corrected chi connectivity index (χ2v) is 11.1. The van der Waals surface area contributed by atoms with Gasteiger partial charge in [-0.05, 0) is 49.6 Å². The van der Waals surface area contributed by atoms with Crippen molar-refractivity contribution >= 4 is 39.9 Å². The van der Waals surface area contributed by atoms with Crippen LogP contribution in [0.3, 0.4) is 0 Å². The first-order valence-electron chi connectivity index (χ1n) is 10.9. The van der Waals surface area contributed by atoms with Gasteiger partial charge in [0.2, 0.25) is 0 Å². The minimum absolute atomic E-state index is 0.0968. The topological polar surface area (TPSA) is 97.1 Å². The van der Waals surface area contributed by atoms with Crippen LogP contribution in [0.25, 0.3) is 11.4 Å². The van der Waals surface area contributed by atoms with Crippen molar-refractivity contribution in [3.05, 3.63) is 53.4 Å². The van der Waals surface area contributed by atoms with E-state index in [1.807, 2.05) is 30.6 Å². The molecule has 1 saturated heterocycles. The Hall–Kier alpha value is -2.36. The molecule has 0 spiro atoms. The highest BCUT2D eigenvalue weighted by Crippen LogP contribution is 2.34. The smallest absolute Gasteiger partial charge is 0.289 e. The number of aryl methyl sites for hydroxylation is 1. The number of hydrogen-bond donors (Lipinski definition) is 2. The summed E-state index contributed by atoms with van der Waals surface area (Å²) in [6, 6.07) is 9.15. The Labute approximate surface area is 192 Å². The molecule has 0 saturated carbocycles. The number of nitrogens with zero attached hydrogens (tertiary/aromatic N) is 3. The number of fused-ring (bicyclic) bond motifs is 1. The summed E-state index contributed by atoms with van der Waals surface area (Å²) in [6.45, 7) is 0.628. The highest BCUT2D eigenvalue weighted by molar-refractivity contribution is 7.91. The van der Waals surface area contributed by atoms with Crippen LogP contribution in [-0.2, 0) is 22.8 Å². The molecule has 1 unspecified atom stereocenters. The van der Waals surface area contributed by atoms with Crippen LogP contribution < -0.4 is 5.32 Å². The van der Waals surface area contributed by atoms with E-state index in [2.05, 4.69) is 19.9 Å². The lowest BCUT2D eigenvalue weighted by Crippen LogP contribution is -2.20. The van der Waals surface area contributed by atoms with Gasteiger partial charge in [-0.2, -0.15) is 0 Å². The summed E-state index contributed by atoms with van der Waals surface area (Å²) in [4.78, 5) is 9.39. The SMILES string of the molecule is O=S1(=O)CCCc2nc(-c3cccc(Cl)c3)nc(Nc3ccn(CC4CCB(O)C4)c3)c21. The predicted molar refractivity (Wildman–Crippen MR) is 126 cm³/mol. The largest absolute Gasteiger partial charge is 0.450 e. The van der Waals surface area contributed by atoms with E-state index >= 15 is 0 Å². The van der Waals surface area contributed by atoms with E-state index in [4.69, 9.17) is 11.6 Å². The molecule has 2 aliphatic rings. The molecule has 2 aromatic heterocycles. The highest BCUT2D eigenvalue weighted by Gasteiger charge is 2.31. The molecule has 5 rings (SSSR count). The summed E-state index contributed by atoms with van der Waals surface area (Å²) in [5, 5.41) is 13.6. The van der Waals surface area contributed by atoms with Crippen LogP contribution in [0.15, 0.2) is 47.6 Å². The molecule has 1 fully saturated rings. The van der Waals surface area contributed by atoms with Gasteiger partial charge < -0.3 is 14.9 Å². The molecular weight excluding hydrogens is 447 g/mol. The molecule has 0 bridgehead atoms. The van der Waals surface area contributed by atoms with Crippen LogP contribution in [0, 0.1) is 5.92 Å². The monoisotopic (exact) mass is 470 g/mol. The van der Waals surface area contributed by atoms with E-state index < -0.39 is 9.84 Å².